The fourth-order valence-corrected chi connectivity index (χ4v) is 3.51. The molecular weight excluding hydrogens is 344 g/mol. The van der Waals surface area contributed by atoms with Gasteiger partial charge in [-0.3, -0.25) is 14.7 Å². The Labute approximate surface area is 157 Å². The number of hydrogen-bond acceptors (Lipinski definition) is 4. The molecule has 27 heavy (non-hydrogen) atoms. The zero-order valence-electron chi connectivity index (χ0n) is 15.2. The van der Waals surface area contributed by atoms with Gasteiger partial charge in [-0.05, 0) is 29.8 Å². The number of carbonyl (C=O) groups excluding carboxylic acids is 2. The molecule has 1 N–H and O–H groups in total. The summed E-state index contributed by atoms with van der Waals surface area (Å²) in [6.07, 6.45) is 1.71. The van der Waals surface area contributed by atoms with E-state index in [0.717, 1.165) is 17.0 Å². The number of carbonyl (C=O) groups is 2. The standard InChI is InChI=1S/C20H20N4O3/c1-23-16-12-24(11-14-7-3-4-9-21-14)19(25)17(16)18(22-20(23)26)13-6-5-8-15(10-13)27-2/h3-10,18H,11-12H2,1-2H3,(H,22,26). The van der Waals surface area contributed by atoms with Crippen molar-refractivity contribution in [3.63, 3.8) is 0 Å². The van der Waals surface area contributed by atoms with Crippen LogP contribution in [0.15, 0.2) is 59.9 Å². The second-order valence-corrected chi connectivity index (χ2v) is 6.56. The summed E-state index contributed by atoms with van der Waals surface area (Å²) >= 11 is 0. The highest BCUT2D eigenvalue weighted by Crippen LogP contribution is 2.36. The molecule has 0 radical (unpaired) electrons. The lowest BCUT2D eigenvalue weighted by molar-refractivity contribution is -0.126. The average molecular weight is 364 g/mol. The predicted octanol–water partition coefficient (Wildman–Crippen LogP) is 2.08. The van der Waals surface area contributed by atoms with Crippen LogP contribution in [0.1, 0.15) is 17.3 Å². The van der Waals surface area contributed by atoms with E-state index in [1.54, 1.807) is 25.3 Å². The van der Waals surface area contributed by atoms with Crippen molar-refractivity contribution < 1.29 is 14.3 Å². The molecule has 1 unspecified atom stereocenters. The van der Waals surface area contributed by atoms with Gasteiger partial charge in [-0.15, -0.1) is 0 Å². The van der Waals surface area contributed by atoms with Crippen LogP contribution in [0.25, 0.3) is 0 Å². The second-order valence-electron chi connectivity index (χ2n) is 6.56. The molecule has 0 saturated heterocycles. The highest BCUT2D eigenvalue weighted by molar-refractivity contribution is 6.01. The molecule has 1 atom stereocenters. The maximum atomic E-state index is 13.2. The van der Waals surface area contributed by atoms with Crippen molar-refractivity contribution in [3.05, 3.63) is 71.2 Å². The molecule has 4 rings (SSSR count). The van der Waals surface area contributed by atoms with Gasteiger partial charge in [0.1, 0.15) is 5.75 Å². The molecule has 1 aromatic carbocycles. The molecule has 3 amide bonds. The number of ether oxygens (including phenoxy) is 1. The van der Waals surface area contributed by atoms with Crippen LogP contribution in [0.5, 0.6) is 5.75 Å². The quantitative estimate of drug-likeness (QED) is 0.901. The van der Waals surface area contributed by atoms with Crippen molar-refractivity contribution >= 4 is 11.9 Å². The first-order valence-corrected chi connectivity index (χ1v) is 8.69. The summed E-state index contributed by atoms with van der Waals surface area (Å²) in [5.74, 6) is 0.592. The van der Waals surface area contributed by atoms with Gasteiger partial charge in [0, 0.05) is 13.2 Å². The number of hydrogen-bond donors (Lipinski definition) is 1. The first-order valence-electron chi connectivity index (χ1n) is 8.69. The molecule has 0 spiro atoms. The smallest absolute Gasteiger partial charge is 0.322 e. The van der Waals surface area contributed by atoms with Crippen LogP contribution in [0.4, 0.5) is 4.79 Å². The lowest BCUT2D eigenvalue weighted by atomic mass is 9.95. The number of nitrogens with one attached hydrogen (secondary N) is 1. The fraction of sp³-hybridized carbons (Fsp3) is 0.250. The van der Waals surface area contributed by atoms with E-state index >= 15 is 0 Å². The molecule has 0 fully saturated rings. The summed E-state index contributed by atoms with van der Waals surface area (Å²) in [6.45, 7) is 0.786. The maximum absolute atomic E-state index is 13.2. The molecule has 0 saturated carbocycles. The van der Waals surface area contributed by atoms with Crippen molar-refractivity contribution in [2.75, 3.05) is 20.7 Å². The molecule has 1 aromatic heterocycles. The van der Waals surface area contributed by atoms with Crippen LogP contribution in [0.2, 0.25) is 0 Å². The van der Waals surface area contributed by atoms with Crippen molar-refractivity contribution in [2.24, 2.45) is 0 Å². The molecule has 2 aromatic rings. The third-order valence-corrected chi connectivity index (χ3v) is 4.94. The first kappa shape index (κ1) is 17.1. The first-order chi connectivity index (χ1) is 13.1. The summed E-state index contributed by atoms with van der Waals surface area (Å²) in [5.41, 5.74) is 2.95. The van der Waals surface area contributed by atoms with Gasteiger partial charge in [-0.1, -0.05) is 18.2 Å². The van der Waals surface area contributed by atoms with Gasteiger partial charge in [0.25, 0.3) is 5.91 Å². The highest BCUT2D eigenvalue weighted by atomic mass is 16.5. The number of rotatable bonds is 4. The largest absolute Gasteiger partial charge is 0.497 e. The van der Waals surface area contributed by atoms with Gasteiger partial charge in [-0.25, -0.2) is 4.79 Å². The van der Waals surface area contributed by atoms with Crippen LogP contribution >= 0.6 is 0 Å². The van der Waals surface area contributed by atoms with Gasteiger partial charge in [0.2, 0.25) is 0 Å². The molecule has 2 aliphatic rings. The Hall–Kier alpha value is -3.35. The third-order valence-electron chi connectivity index (χ3n) is 4.94. The van der Waals surface area contributed by atoms with Gasteiger partial charge >= 0.3 is 6.03 Å². The predicted molar refractivity (Wildman–Crippen MR) is 98.7 cm³/mol. The molecule has 0 aliphatic carbocycles. The van der Waals surface area contributed by atoms with Crippen LogP contribution in [-0.2, 0) is 11.3 Å². The minimum Gasteiger partial charge on any atom is -0.497 e. The summed E-state index contributed by atoms with van der Waals surface area (Å²) in [4.78, 5) is 33.2. The molecule has 7 nitrogen and oxygen atoms in total. The van der Waals surface area contributed by atoms with Crippen LogP contribution in [0.3, 0.4) is 0 Å². The summed E-state index contributed by atoms with van der Waals surface area (Å²) in [6, 6.07) is 12.3. The Morgan fingerprint density at radius 2 is 2.07 bits per heavy atom. The zero-order chi connectivity index (χ0) is 19.0. The fourth-order valence-electron chi connectivity index (χ4n) is 3.51. The average Bonchev–Trinajstić information content (AvgIpc) is 3.02. The molecule has 138 valence electrons. The normalized spacial score (nSPS) is 19.3. The van der Waals surface area contributed by atoms with Crippen molar-refractivity contribution in [1.29, 1.82) is 0 Å². The van der Waals surface area contributed by atoms with Crippen LogP contribution in [-0.4, -0.2) is 47.4 Å². The lowest BCUT2D eigenvalue weighted by Gasteiger charge is -2.31. The minimum absolute atomic E-state index is 0.0877. The Kier molecular flexibility index (Phi) is 4.27. The number of nitrogens with zero attached hydrogens (tertiary/aromatic N) is 3. The summed E-state index contributed by atoms with van der Waals surface area (Å²) in [7, 11) is 3.27. The van der Waals surface area contributed by atoms with E-state index < -0.39 is 6.04 Å². The zero-order valence-corrected chi connectivity index (χ0v) is 15.2. The van der Waals surface area contributed by atoms with Crippen LogP contribution in [0, 0.1) is 0 Å². The summed E-state index contributed by atoms with van der Waals surface area (Å²) < 4.78 is 5.29. The SMILES string of the molecule is COc1cccc(C2NC(=O)N(C)C3=C2C(=O)N(Cc2ccccn2)C3)c1. The van der Waals surface area contributed by atoms with Gasteiger partial charge in [-0.2, -0.15) is 0 Å². The topological polar surface area (TPSA) is 74.8 Å². The molecular formula is C20H20N4O3. The van der Waals surface area contributed by atoms with E-state index in [4.69, 9.17) is 4.74 Å². The number of likely N-dealkylation sites (N-methyl/N-ethyl adjacent to an activating group) is 1. The van der Waals surface area contributed by atoms with E-state index in [1.807, 2.05) is 42.5 Å². The van der Waals surface area contributed by atoms with E-state index in [2.05, 4.69) is 10.3 Å². The molecule has 7 heteroatoms. The molecule has 0 bridgehead atoms. The maximum Gasteiger partial charge on any atom is 0.322 e. The monoisotopic (exact) mass is 364 g/mol. The van der Waals surface area contributed by atoms with Crippen LogP contribution < -0.4 is 10.1 Å². The number of benzene rings is 1. The van der Waals surface area contributed by atoms with E-state index in [9.17, 15) is 9.59 Å². The Balaban J connectivity index is 1.68. The Morgan fingerprint density at radius 1 is 1.22 bits per heavy atom. The Bertz CT molecular complexity index is 926. The number of methoxy groups -OCH3 is 1. The van der Waals surface area contributed by atoms with Crippen molar-refractivity contribution in [2.45, 2.75) is 12.6 Å². The van der Waals surface area contributed by atoms with Crippen molar-refractivity contribution in [1.82, 2.24) is 20.1 Å². The highest BCUT2D eigenvalue weighted by Gasteiger charge is 2.42. The second kappa shape index (κ2) is 6.75. The number of pyridine rings is 1. The van der Waals surface area contributed by atoms with E-state index in [-0.39, 0.29) is 11.9 Å². The lowest BCUT2D eigenvalue weighted by Crippen LogP contribution is -2.45. The third kappa shape index (κ3) is 3.01. The molecule has 2 aliphatic heterocycles. The van der Waals surface area contributed by atoms with Gasteiger partial charge in [0.15, 0.2) is 0 Å². The number of aromatic nitrogens is 1. The Morgan fingerprint density at radius 3 is 2.81 bits per heavy atom. The van der Waals surface area contributed by atoms with E-state index in [0.29, 0.717) is 24.4 Å². The minimum atomic E-state index is -0.500. The number of amides is 3. The van der Waals surface area contributed by atoms with E-state index in [1.165, 1.54) is 4.90 Å². The van der Waals surface area contributed by atoms with Gasteiger partial charge in [0.05, 0.1) is 43.2 Å². The summed E-state index contributed by atoms with van der Waals surface area (Å²) in [5, 5.41) is 2.93. The molecule has 3 heterocycles. The number of urea groups is 1. The van der Waals surface area contributed by atoms with Crippen molar-refractivity contribution in [3.8, 4) is 5.75 Å². The van der Waals surface area contributed by atoms with Gasteiger partial charge < -0.3 is 15.0 Å².